The van der Waals surface area contributed by atoms with Crippen LogP contribution in [0.4, 0.5) is 10.1 Å². The zero-order chi connectivity index (χ0) is 21.0. The summed E-state index contributed by atoms with van der Waals surface area (Å²) >= 11 is 0. The van der Waals surface area contributed by atoms with E-state index in [0.29, 0.717) is 23.4 Å². The first-order valence-electron chi connectivity index (χ1n) is 8.80. The Morgan fingerprint density at radius 1 is 1.14 bits per heavy atom. The van der Waals surface area contributed by atoms with Crippen molar-refractivity contribution in [2.75, 3.05) is 11.8 Å². The van der Waals surface area contributed by atoms with Crippen LogP contribution >= 0.6 is 0 Å². The van der Waals surface area contributed by atoms with E-state index in [-0.39, 0.29) is 10.8 Å². The van der Waals surface area contributed by atoms with Gasteiger partial charge in [0.15, 0.2) is 0 Å². The van der Waals surface area contributed by atoms with E-state index in [9.17, 15) is 17.6 Å². The molecular weight excluding hydrogens is 393 g/mol. The first-order chi connectivity index (χ1) is 13.8. The third-order valence-corrected chi connectivity index (χ3v) is 5.84. The van der Waals surface area contributed by atoms with E-state index >= 15 is 0 Å². The Bertz CT molecular complexity index is 1120. The van der Waals surface area contributed by atoms with Gasteiger partial charge in [-0.3, -0.25) is 14.5 Å². The van der Waals surface area contributed by atoms with Gasteiger partial charge in [0.2, 0.25) is 0 Å². The molecule has 0 fully saturated rings. The van der Waals surface area contributed by atoms with E-state index in [1.54, 1.807) is 42.5 Å². The topological polar surface area (TPSA) is 79.4 Å². The molecule has 1 N–H and O–H groups in total. The Morgan fingerprint density at radius 2 is 1.86 bits per heavy atom. The number of aryl methyl sites for hydroxylation is 1. The smallest absolute Gasteiger partial charge is 0.262 e. The van der Waals surface area contributed by atoms with Gasteiger partial charge < -0.3 is 4.90 Å². The molecule has 29 heavy (non-hydrogen) atoms. The molecule has 0 saturated carbocycles. The van der Waals surface area contributed by atoms with Crippen molar-refractivity contribution in [3.63, 3.8) is 0 Å². The maximum atomic E-state index is 13.2. The second-order valence-corrected chi connectivity index (χ2v) is 8.27. The maximum Gasteiger partial charge on any atom is 0.262 e. The number of nitrogens with zero attached hydrogens (tertiary/aromatic N) is 2. The van der Waals surface area contributed by atoms with Crippen LogP contribution in [0.3, 0.4) is 0 Å². The normalized spacial score (nSPS) is 11.1. The van der Waals surface area contributed by atoms with Gasteiger partial charge in [-0.05, 0) is 66.6 Å². The van der Waals surface area contributed by atoms with Crippen LogP contribution in [0.1, 0.15) is 21.5 Å². The zero-order valence-electron chi connectivity index (χ0n) is 16.0. The minimum atomic E-state index is -3.87. The third-order valence-electron chi connectivity index (χ3n) is 4.30. The lowest BCUT2D eigenvalue weighted by atomic mass is 10.1. The molecule has 3 rings (SSSR count). The maximum absolute atomic E-state index is 13.2. The molecule has 0 atom stereocenters. The summed E-state index contributed by atoms with van der Waals surface area (Å²) < 4.78 is 40.8. The monoisotopic (exact) mass is 413 g/mol. The predicted molar refractivity (Wildman–Crippen MR) is 108 cm³/mol. The number of carbonyl (C=O) groups is 1. The van der Waals surface area contributed by atoms with Gasteiger partial charge in [0, 0.05) is 37.2 Å². The van der Waals surface area contributed by atoms with Gasteiger partial charge in [0.25, 0.3) is 15.9 Å². The van der Waals surface area contributed by atoms with E-state index in [0.717, 1.165) is 17.7 Å². The van der Waals surface area contributed by atoms with Crippen molar-refractivity contribution in [3.05, 3.63) is 89.5 Å². The SMILES string of the molecule is Cc1cc(F)ccc1S(=O)(=O)Nc1ccc(C(=O)N(C)Cc2cccnc2)cc1. The van der Waals surface area contributed by atoms with Crippen molar-refractivity contribution >= 4 is 21.6 Å². The molecule has 2 aromatic carbocycles. The van der Waals surface area contributed by atoms with E-state index in [4.69, 9.17) is 0 Å². The molecule has 0 aliphatic heterocycles. The number of hydrogen-bond donors (Lipinski definition) is 1. The fourth-order valence-electron chi connectivity index (χ4n) is 2.86. The van der Waals surface area contributed by atoms with Crippen molar-refractivity contribution in [1.29, 1.82) is 0 Å². The lowest BCUT2D eigenvalue weighted by Gasteiger charge is -2.17. The van der Waals surface area contributed by atoms with Gasteiger partial charge in [-0.2, -0.15) is 0 Å². The van der Waals surface area contributed by atoms with Crippen LogP contribution in [-0.2, 0) is 16.6 Å². The second-order valence-electron chi connectivity index (χ2n) is 6.62. The number of pyridine rings is 1. The quantitative estimate of drug-likeness (QED) is 0.670. The van der Waals surface area contributed by atoms with Gasteiger partial charge in [0.1, 0.15) is 5.82 Å². The number of nitrogens with one attached hydrogen (secondary N) is 1. The van der Waals surface area contributed by atoms with Gasteiger partial charge in [-0.25, -0.2) is 12.8 Å². The molecular formula is C21H20FN3O3S. The number of carbonyl (C=O) groups excluding carboxylic acids is 1. The molecule has 0 radical (unpaired) electrons. The lowest BCUT2D eigenvalue weighted by Crippen LogP contribution is -2.26. The van der Waals surface area contributed by atoms with Crippen LogP contribution in [0.5, 0.6) is 0 Å². The summed E-state index contributed by atoms with van der Waals surface area (Å²) in [6.45, 7) is 1.93. The summed E-state index contributed by atoms with van der Waals surface area (Å²) in [7, 11) is -2.19. The van der Waals surface area contributed by atoms with Crippen molar-refractivity contribution in [2.45, 2.75) is 18.4 Å². The van der Waals surface area contributed by atoms with Crippen LogP contribution in [0, 0.1) is 12.7 Å². The average Bonchev–Trinajstić information content (AvgIpc) is 2.68. The molecule has 3 aromatic rings. The first kappa shape index (κ1) is 20.5. The molecule has 1 aromatic heterocycles. The molecule has 8 heteroatoms. The van der Waals surface area contributed by atoms with Crippen LogP contribution < -0.4 is 4.72 Å². The molecule has 6 nitrogen and oxygen atoms in total. The number of sulfonamides is 1. The standard InChI is InChI=1S/C21H20FN3O3S/c1-15-12-18(22)7-10-20(15)29(27,28)24-19-8-5-17(6-9-19)21(26)25(2)14-16-4-3-11-23-13-16/h3-13,24H,14H2,1-2H3. The zero-order valence-corrected chi connectivity index (χ0v) is 16.8. The molecule has 0 aliphatic rings. The summed E-state index contributed by atoms with van der Waals surface area (Å²) in [5, 5.41) is 0. The van der Waals surface area contributed by atoms with Crippen molar-refractivity contribution < 1.29 is 17.6 Å². The molecule has 0 bridgehead atoms. The summed E-state index contributed by atoms with van der Waals surface area (Å²) in [6, 6.07) is 13.3. The number of anilines is 1. The Labute approximate surface area is 169 Å². The number of aromatic nitrogens is 1. The Morgan fingerprint density at radius 3 is 2.48 bits per heavy atom. The van der Waals surface area contributed by atoms with Crippen molar-refractivity contribution in [2.24, 2.45) is 0 Å². The molecule has 1 heterocycles. The van der Waals surface area contributed by atoms with E-state index < -0.39 is 15.8 Å². The predicted octanol–water partition coefficient (Wildman–Crippen LogP) is 3.60. The summed E-state index contributed by atoms with van der Waals surface area (Å²) in [5.41, 5.74) is 1.95. The number of rotatable bonds is 6. The van der Waals surface area contributed by atoms with Crippen LogP contribution in [0.2, 0.25) is 0 Å². The van der Waals surface area contributed by atoms with Gasteiger partial charge >= 0.3 is 0 Å². The van der Waals surface area contributed by atoms with E-state index in [2.05, 4.69) is 9.71 Å². The highest BCUT2D eigenvalue weighted by Gasteiger charge is 2.18. The first-order valence-corrected chi connectivity index (χ1v) is 10.3. The minimum Gasteiger partial charge on any atom is -0.337 e. The fourth-order valence-corrected chi connectivity index (χ4v) is 4.15. The highest BCUT2D eigenvalue weighted by molar-refractivity contribution is 7.92. The second kappa shape index (κ2) is 8.40. The summed E-state index contributed by atoms with van der Waals surface area (Å²) in [6.07, 6.45) is 3.36. The summed E-state index contributed by atoms with van der Waals surface area (Å²) in [4.78, 5) is 18.2. The van der Waals surface area contributed by atoms with E-state index in [1.807, 2.05) is 6.07 Å². The number of halogens is 1. The molecule has 0 spiro atoms. The Kier molecular flexibility index (Phi) is 5.93. The van der Waals surface area contributed by atoms with Crippen molar-refractivity contribution in [1.82, 2.24) is 9.88 Å². The van der Waals surface area contributed by atoms with Gasteiger partial charge in [-0.15, -0.1) is 0 Å². The van der Waals surface area contributed by atoms with Gasteiger partial charge in [-0.1, -0.05) is 6.07 Å². The number of benzene rings is 2. The third kappa shape index (κ3) is 4.97. The molecule has 0 aliphatic carbocycles. The average molecular weight is 413 g/mol. The molecule has 0 unspecified atom stereocenters. The number of hydrogen-bond acceptors (Lipinski definition) is 4. The highest BCUT2D eigenvalue weighted by Crippen LogP contribution is 2.21. The largest absolute Gasteiger partial charge is 0.337 e. The molecule has 150 valence electrons. The Balaban J connectivity index is 1.71. The highest BCUT2D eigenvalue weighted by atomic mass is 32.2. The molecule has 0 saturated heterocycles. The minimum absolute atomic E-state index is 0.00439. The van der Waals surface area contributed by atoms with Crippen LogP contribution in [0.25, 0.3) is 0 Å². The number of amides is 1. The van der Waals surface area contributed by atoms with Crippen LogP contribution in [-0.4, -0.2) is 31.3 Å². The van der Waals surface area contributed by atoms with E-state index in [1.165, 1.54) is 25.1 Å². The fraction of sp³-hybridized carbons (Fsp3) is 0.143. The summed E-state index contributed by atoms with van der Waals surface area (Å²) in [5.74, 6) is -0.697. The Hall–Kier alpha value is -3.26. The lowest BCUT2D eigenvalue weighted by molar-refractivity contribution is 0.0785. The van der Waals surface area contributed by atoms with Crippen LogP contribution in [0.15, 0.2) is 71.9 Å². The van der Waals surface area contributed by atoms with Gasteiger partial charge in [0.05, 0.1) is 4.90 Å². The van der Waals surface area contributed by atoms with Crippen molar-refractivity contribution in [3.8, 4) is 0 Å². The molecule has 1 amide bonds.